The van der Waals surface area contributed by atoms with Crippen LogP contribution >= 0.6 is 0 Å². The van der Waals surface area contributed by atoms with Gasteiger partial charge in [0.15, 0.2) is 0 Å². The zero-order chi connectivity index (χ0) is 14.6. The lowest BCUT2D eigenvalue weighted by Crippen LogP contribution is -2.45. The average molecular weight is 283 g/mol. The van der Waals surface area contributed by atoms with Crippen molar-refractivity contribution in [2.45, 2.75) is 89.4 Å². The molecule has 2 fully saturated rings. The van der Waals surface area contributed by atoms with Crippen LogP contribution in [-0.2, 0) is 9.47 Å². The molecule has 0 bridgehead atoms. The van der Waals surface area contributed by atoms with Crippen LogP contribution in [0, 0.1) is 5.92 Å². The molecule has 2 rings (SSSR count). The minimum atomic E-state index is -0.0691. The highest BCUT2D eigenvalue weighted by molar-refractivity contribution is 4.89. The standard InChI is InChI=1S/C17H33NO2/c1-4-5-14-6-10-17(13-18,11-7-14)19-12-15-8-9-16(2,3)20-15/h14-15H,4-13,18H2,1-3H3. The summed E-state index contributed by atoms with van der Waals surface area (Å²) in [5.41, 5.74) is 5.99. The molecule has 1 saturated heterocycles. The molecule has 0 aromatic carbocycles. The summed E-state index contributed by atoms with van der Waals surface area (Å²) in [5, 5.41) is 0. The summed E-state index contributed by atoms with van der Waals surface area (Å²) < 4.78 is 12.3. The van der Waals surface area contributed by atoms with E-state index in [0.717, 1.165) is 38.2 Å². The molecular formula is C17H33NO2. The van der Waals surface area contributed by atoms with Crippen LogP contribution in [0.3, 0.4) is 0 Å². The monoisotopic (exact) mass is 283 g/mol. The zero-order valence-corrected chi connectivity index (χ0v) is 13.6. The maximum Gasteiger partial charge on any atom is 0.0817 e. The van der Waals surface area contributed by atoms with Gasteiger partial charge in [-0.05, 0) is 58.3 Å². The Morgan fingerprint density at radius 2 is 1.85 bits per heavy atom. The van der Waals surface area contributed by atoms with Gasteiger partial charge in [-0.1, -0.05) is 19.8 Å². The molecule has 3 heteroatoms. The van der Waals surface area contributed by atoms with Crippen molar-refractivity contribution in [3.63, 3.8) is 0 Å². The van der Waals surface area contributed by atoms with Gasteiger partial charge in [-0.2, -0.15) is 0 Å². The van der Waals surface area contributed by atoms with Gasteiger partial charge in [0.05, 0.1) is 23.9 Å². The van der Waals surface area contributed by atoms with Crippen LogP contribution in [0.2, 0.25) is 0 Å². The number of rotatable bonds is 6. The third-order valence-corrected chi connectivity index (χ3v) is 5.21. The molecule has 1 atom stereocenters. The lowest BCUT2D eigenvalue weighted by atomic mass is 9.77. The second-order valence-electron chi connectivity index (χ2n) is 7.47. The van der Waals surface area contributed by atoms with Gasteiger partial charge in [0.25, 0.3) is 0 Å². The summed E-state index contributed by atoms with van der Waals surface area (Å²) in [7, 11) is 0. The maximum absolute atomic E-state index is 6.27. The van der Waals surface area contributed by atoms with Crippen molar-refractivity contribution in [3.8, 4) is 0 Å². The molecule has 2 aliphatic rings. The first-order chi connectivity index (χ1) is 9.49. The van der Waals surface area contributed by atoms with E-state index in [1.165, 1.54) is 25.7 Å². The molecule has 1 heterocycles. The zero-order valence-electron chi connectivity index (χ0n) is 13.6. The summed E-state index contributed by atoms with van der Waals surface area (Å²) in [6.07, 6.45) is 9.99. The van der Waals surface area contributed by atoms with Crippen molar-refractivity contribution in [2.75, 3.05) is 13.2 Å². The van der Waals surface area contributed by atoms with Crippen LogP contribution < -0.4 is 5.73 Å². The molecule has 3 nitrogen and oxygen atoms in total. The third kappa shape index (κ3) is 4.19. The molecule has 0 amide bonds. The molecule has 1 unspecified atom stereocenters. The SMILES string of the molecule is CCCC1CCC(CN)(OCC2CCC(C)(C)O2)CC1. The number of nitrogens with two attached hydrogens (primary N) is 1. The van der Waals surface area contributed by atoms with Crippen LogP contribution in [0.4, 0.5) is 0 Å². The first-order valence-electron chi connectivity index (χ1n) is 8.50. The molecule has 1 saturated carbocycles. The Balaban J connectivity index is 1.78. The predicted octanol–water partition coefficient (Wildman–Crippen LogP) is 3.65. The smallest absolute Gasteiger partial charge is 0.0817 e. The van der Waals surface area contributed by atoms with E-state index >= 15 is 0 Å². The molecule has 0 aromatic heterocycles. The van der Waals surface area contributed by atoms with E-state index in [-0.39, 0.29) is 17.3 Å². The molecule has 0 spiro atoms. The lowest BCUT2D eigenvalue weighted by Gasteiger charge is -2.40. The van der Waals surface area contributed by atoms with Crippen LogP contribution in [0.15, 0.2) is 0 Å². The first-order valence-corrected chi connectivity index (χ1v) is 8.50. The van der Waals surface area contributed by atoms with Crippen molar-refractivity contribution >= 4 is 0 Å². The van der Waals surface area contributed by atoms with Gasteiger partial charge >= 0.3 is 0 Å². The second-order valence-corrected chi connectivity index (χ2v) is 7.47. The molecule has 0 radical (unpaired) electrons. The van der Waals surface area contributed by atoms with E-state index in [2.05, 4.69) is 20.8 Å². The summed E-state index contributed by atoms with van der Waals surface area (Å²) in [6, 6.07) is 0. The predicted molar refractivity (Wildman–Crippen MR) is 82.8 cm³/mol. The van der Waals surface area contributed by atoms with Crippen LogP contribution in [-0.4, -0.2) is 30.5 Å². The molecular weight excluding hydrogens is 250 g/mol. The van der Waals surface area contributed by atoms with Crippen molar-refractivity contribution in [2.24, 2.45) is 11.7 Å². The highest BCUT2D eigenvalue weighted by Gasteiger charge is 2.37. The summed E-state index contributed by atoms with van der Waals surface area (Å²) >= 11 is 0. The van der Waals surface area contributed by atoms with E-state index < -0.39 is 0 Å². The van der Waals surface area contributed by atoms with Crippen LogP contribution in [0.25, 0.3) is 0 Å². The van der Waals surface area contributed by atoms with E-state index in [1.807, 2.05) is 0 Å². The molecule has 0 aromatic rings. The minimum absolute atomic E-state index is 0.0304. The van der Waals surface area contributed by atoms with Gasteiger partial charge < -0.3 is 15.2 Å². The Kier molecular flexibility index (Phi) is 5.49. The Morgan fingerprint density at radius 1 is 1.15 bits per heavy atom. The Morgan fingerprint density at radius 3 is 2.35 bits per heavy atom. The molecule has 1 aliphatic heterocycles. The highest BCUT2D eigenvalue weighted by atomic mass is 16.6. The number of hydrogen-bond acceptors (Lipinski definition) is 3. The van der Waals surface area contributed by atoms with E-state index in [1.54, 1.807) is 0 Å². The normalized spacial score (nSPS) is 37.2. The minimum Gasteiger partial charge on any atom is -0.371 e. The summed E-state index contributed by atoms with van der Waals surface area (Å²) in [4.78, 5) is 0. The number of hydrogen-bond donors (Lipinski definition) is 1. The van der Waals surface area contributed by atoms with Crippen molar-refractivity contribution in [3.05, 3.63) is 0 Å². The van der Waals surface area contributed by atoms with Gasteiger partial charge in [0, 0.05) is 6.54 Å². The summed E-state index contributed by atoms with van der Waals surface area (Å²) in [5.74, 6) is 0.893. The van der Waals surface area contributed by atoms with E-state index in [9.17, 15) is 0 Å². The second kappa shape index (κ2) is 6.76. The first kappa shape index (κ1) is 16.3. The van der Waals surface area contributed by atoms with E-state index in [4.69, 9.17) is 15.2 Å². The Bertz CT molecular complexity index is 295. The van der Waals surface area contributed by atoms with Crippen molar-refractivity contribution < 1.29 is 9.47 Å². The maximum atomic E-state index is 6.27. The number of ether oxygens (including phenoxy) is 2. The van der Waals surface area contributed by atoms with E-state index in [0.29, 0.717) is 6.54 Å². The van der Waals surface area contributed by atoms with Crippen LogP contribution in [0.1, 0.15) is 72.1 Å². The quantitative estimate of drug-likeness (QED) is 0.809. The molecule has 20 heavy (non-hydrogen) atoms. The largest absolute Gasteiger partial charge is 0.371 e. The molecule has 1 aliphatic carbocycles. The third-order valence-electron chi connectivity index (χ3n) is 5.21. The van der Waals surface area contributed by atoms with Gasteiger partial charge in [-0.25, -0.2) is 0 Å². The summed E-state index contributed by atoms with van der Waals surface area (Å²) in [6.45, 7) is 7.99. The Labute approximate surface area is 124 Å². The van der Waals surface area contributed by atoms with Crippen molar-refractivity contribution in [1.82, 2.24) is 0 Å². The van der Waals surface area contributed by atoms with Gasteiger partial charge in [0.1, 0.15) is 0 Å². The molecule has 2 N–H and O–H groups in total. The molecule has 118 valence electrons. The average Bonchev–Trinajstić information content (AvgIpc) is 2.78. The fourth-order valence-electron chi connectivity index (χ4n) is 3.77. The lowest BCUT2D eigenvalue weighted by molar-refractivity contribution is -0.121. The fraction of sp³-hybridized carbons (Fsp3) is 1.00. The van der Waals surface area contributed by atoms with Gasteiger partial charge in [0.2, 0.25) is 0 Å². The van der Waals surface area contributed by atoms with Gasteiger partial charge in [-0.15, -0.1) is 0 Å². The van der Waals surface area contributed by atoms with Crippen LogP contribution in [0.5, 0.6) is 0 Å². The van der Waals surface area contributed by atoms with Gasteiger partial charge in [-0.3, -0.25) is 0 Å². The topological polar surface area (TPSA) is 44.5 Å². The fourth-order valence-corrected chi connectivity index (χ4v) is 3.77. The highest BCUT2D eigenvalue weighted by Crippen LogP contribution is 2.37. The Hall–Kier alpha value is -0.120. The van der Waals surface area contributed by atoms with Crippen molar-refractivity contribution in [1.29, 1.82) is 0 Å².